The summed E-state index contributed by atoms with van der Waals surface area (Å²) < 4.78 is 15.3. The molecular formula is C24H27FN4O. The van der Waals surface area contributed by atoms with Gasteiger partial charge in [0.05, 0.1) is 11.4 Å². The molecule has 0 radical (unpaired) electrons. The molecule has 156 valence electrons. The van der Waals surface area contributed by atoms with Crippen LogP contribution >= 0.6 is 0 Å². The van der Waals surface area contributed by atoms with Gasteiger partial charge in [-0.2, -0.15) is 5.10 Å². The number of hydrogen-bond acceptors (Lipinski definition) is 3. The predicted molar refractivity (Wildman–Crippen MR) is 116 cm³/mol. The summed E-state index contributed by atoms with van der Waals surface area (Å²) >= 11 is 0. The lowest BCUT2D eigenvalue weighted by atomic mass is 10.1. The van der Waals surface area contributed by atoms with Crippen molar-refractivity contribution < 1.29 is 9.18 Å². The fraction of sp³-hybridized carbons (Fsp3) is 0.333. The number of hydrogen-bond donors (Lipinski definition) is 1. The number of aromatic nitrogens is 2. The maximum atomic E-state index is 13.4. The quantitative estimate of drug-likeness (QED) is 0.602. The van der Waals surface area contributed by atoms with Gasteiger partial charge in [-0.05, 0) is 56.2 Å². The number of aryl methyl sites for hydroxylation is 1. The summed E-state index contributed by atoms with van der Waals surface area (Å²) in [6.07, 6.45) is 4.77. The zero-order chi connectivity index (χ0) is 20.9. The first-order chi connectivity index (χ1) is 14.6. The molecule has 6 heteroatoms. The lowest BCUT2D eigenvalue weighted by molar-refractivity contribution is -0.133. The Hall–Kier alpha value is -2.99. The van der Waals surface area contributed by atoms with Gasteiger partial charge in [0.25, 0.3) is 0 Å². The van der Waals surface area contributed by atoms with E-state index in [-0.39, 0.29) is 11.7 Å². The van der Waals surface area contributed by atoms with Crippen LogP contribution in [0.3, 0.4) is 0 Å². The maximum absolute atomic E-state index is 13.4. The van der Waals surface area contributed by atoms with Crippen LogP contribution in [0.5, 0.6) is 0 Å². The Kier molecular flexibility index (Phi) is 6.23. The smallest absolute Gasteiger partial charge is 0.222 e. The van der Waals surface area contributed by atoms with E-state index in [0.717, 1.165) is 55.0 Å². The summed E-state index contributed by atoms with van der Waals surface area (Å²) in [6, 6.07) is 14.6. The number of carbonyl (C=O) groups excluding carboxylic acids is 1. The van der Waals surface area contributed by atoms with E-state index >= 15 is 0 Å². The van der Waals surface area contributed by atoms with Gasteiger partial charge in [-0.15, -0.1) is 0 Å². The van der Waals surface area contributed by atoms with Crippen molar-refractivity contribution >= 4 is 5.91 Å². The van der Waals surface area contributed by atoms with Gasteiger partial charge in [-0.1, -0.05) is 17.7 Å². The van der Waals surface area contributed by atoms with Crippen molar-refractivity contribution in [1.82, 2.24) is 20.0 Å². The van der Waals surface area contributed by atoms with Crippen LogP contribution in [0, 0.1) is 12.7 Å². The van der Waals surface area contributed by atoms with E-state index in [1.807, 2.05) is 27.9 Å². The molecule has 0 bridgehead atoms. The lowest BCUT2D eigenvalue weighted by Gasteiger charge is -2.26. The maximum Gasteiger partial charge on any atom is 0.222 e. The molecule has 1 aliphatic rings. The molecule has 0 saturated carbocycles. The molecule has 5 nitrogen and oxygen atoms in total. The van der Waals surface area contributed by atoms with E-state index in [2.05, 4.69) is 24.4 Å². The molecule has 0 aliphatic carbocycles. The lowest BCUT2D eigenvalue weighted by Crippen LogP contribution is -2.39. The van der Waals surface area contributed by atoms with Crippen LogP contribution in [-0.4, -0.2) is 40.2 Å². The molecule has 1 aliphatic heterocycles. The second-order valence-electron chi connectivity index (χ2n) is 7.80. The van der Waals surface area contributed by atoms with Gasteiger partial charge in [-0.25, -0.2) is 9.07 Å². The Bertz CT molecular complexity index is 995. The van der Waals surface area contributed by atoms with Crippen molar-refractivity contribution in [3.8, 4) is 16.9 Å². The highest BCUT2D eigenvalue weighted by molar-refractivity contribution is 5.76. The first-order valence-corrected chi connectivity index (χ1v) is 10.5. The third-order valence-electron chi connectivity index (χ3n) is 5.50. The number of likely N-dealkylation sites (tertiary alicyclic amines) is 1. The zero-order valence-corrected chi connectivity index (χ0v) is 17.3. The third kappa shape index (κ3) is 4.76. The highest BCUT2D eigenvalue weighted by Crippen LogP contribution is 2.24. The molecule has 4 rings (SSSR count). The summed E-state index contributed by atoms with van der Waals surface area (Å²) in [5.41, 5.74) is 4.92. The summed E-state index contributed by atoms with van der Waals surface area (Å²) in [6.45, 7) is 4.98. The zero-order valence-electron chi connectivity index (χ0n) is 17.3. The van der Waals surface area contributed by atoms with Crippen molar-refractivity contribution in [2.24, 2.45) is 0 Å². The molecular weight excluding hydrogens is 379 g/mol. The summed E-state index contributed by atoms with van der Waals surface area (Å²) in [5, 5.41) is 8.22. The van der Waals surface area contributed by atoms with Gasteiger partial charge < -0.3 is 10.2 Å². The number of carbonyl (C=O) groups is 1. The molecule has 2 heterocycles. The molecule has 1 N–H and O–H groups in total. The molecule has 0 atom stereocenters. The van der Waals surface area contributed by atoms with E-state index in [9.17, 15) is 9.18 Å². The Morgan fingerprint density at radius 1 is 1.07 bits per heavy atom. The van der Waals surface area contributed by atoms with Gasteiger partial charge in [0.2, 0.25) is 5.91 Å². The fourth-order valence-electron chi connectivity index (χ4n) is 3.75. The number of rotatable bonds is 7. The van der Waals surface area contributed by atoms with Crippen LogP contribution in [0.25, 0.3) is 16.9 Å². The highest BCUT2D eigenvalue weighted by Gasteiger charge is 2.17. The van der Waals surface area contributed by atoms with E-state index in [1.54, 1.807) is 12.1 Å². The second-order valence-corrected chi connectivity index (χ2v) is 7.80. The Morgan fingerprint density at radius 3 is 2.57 bits per heavy atom. The van der Waals surface area contributed by atoms with Gasteiger partial charge in [-0.3, -0.25) is 4.79 Å². The number of nitrogens with zero attached hydrogens (tertiary/aromatic N) is 3. The van der Waals surface area contributed by atoms with Gasteiger partial charge in [0.15, 0.2) is 0 Å². The number of piperidine rings is 1. The first-order valence-electron chi connectivity index (χ1n) is 10.5. The normalized spacial score (nSPS) is 14.3. The average molecular weight is 407 g/mol. The van der Waals surface area contributed by atoms with Crippen molar-refractivity contribution in [1.29, 1.82) is 0 Å². The van der Waals surface area contributed by atoms with Gasteiger partial charge in [0, 0.05) is 49.9 Å². The summed E-state index contributed by atoms with van der Waals surface area (Å²) in [4.78, 5) is 13.9. The number of benzene rings is 2. The van der Waals surface area contributed by atoms with Crippen molar-refractivity contribution in [2.75, 3.05) is 19.6 Å². The molecule has 0 unspecified atom stereocenters. The largest absolute Gasteiger partial charge is 0.341 e. The van der Waals surface area contributed by atoms with Gasteiger partial charge >= 0.3 is 0 Å². The second kappa shape index (κ2) is 9.22. The SMILES string of the molecule is Cc1ccc(-n2cc(CNCCN3CCCCC3=O)c(-c3ccc(F)cc3)n2)cc1. The highest BCUT2D eigenvalue weighted by atomic mass is 19.1. The minimum atomic E-state index is -0.261. The van der Waals surface area contributed by atoms with E-state index < -0.39 is 0 Å². The van der Waals surface area contributed by atoms with Crippen molar-refractivity contribution in [3.63, 3.8) is 0 Å². The van der Waals surface area contributed by atoms with Crippen LogP contribution < -0.4 is 5.32 Å². The molecule has 1 fully saturated rings. The minimum absolute atomic E-state index is 0.252. The van der Waals surface area contributed by atoms with Crippen LogP contribution in [0.4, 0.5) is 4.39 Å². The van der Waals surface area contributed by atoms with Crippen molar-refractivity contribution in [2.45, 2.75) is 32.7 Å². The molecule has 3 aromatic rings. The molecule has 2 aromatic carbocycles. The number of amides is 1. The predicted octanol–water partition coefficient (Wildman–Crippen LogP) is 4.09. The van der Waals surface area contributed by atoms with Crippen LogP contribution in [0.15, 0.2) is 54.7 Å². The fourth-order valence-corrected chi connectivity index (χ4v) is 3.75. The van der Waals surface area contributed by atoms with Crippen molar-refractivity contribution in [3.05, 3.63) is 71.7 Å². The summed E-state index contributed by atoms with van der Waals surface area (Å²) in [7, 11) is 0. The van der Waals surface area contributed by atoms with Gasteiger partial charge in [0.1, 0.15) is 5.82 Å². The molecule has 0 spiro atoms. The Balaban J connectivity index is 1.50. The van der Waals surface area contributed by atoms with Crippen LogP contribution in [-0.2, 0) is 11.3 Å². The Labute approximate surface area is 176 Å². The number of nitrogens with one attached hydrogen (secondary N) is 1. The first kappa shape index (κ1) is 20.3. The molecule has 1 aromatic heterocycles. The van der Waals surface area contributed by atoms with Crippen LogP contribution in [0.1, 0.15) is 30.4 Å². The Morgan fingerprint density at radius 2 is 1.83 bits per heavy atom. The third-order valence-corrected chi connectivity index (χ3v) is 5.50. The van der Waals surface area contributed by atoms with E-state index in [4.69, 9.17) is 5.10 Å². The van der Waals surface area contributed by atoms with E-state index in [1.165, 1.54) is 17.7 Å². The van der Waals surface area contributed by atoms with Crippen LogP contribution in [0.2, 0.25) is 0 Å². The molecule has 30 heavy (non-hydrogen) atoms. The minimum Gasteiger partial charge on any atom is -0.341 e. The molecule has 1 saturated heterocycles. The standard InChI is InChI=1S/C24H27FN4O/c1-18-5-11-22(12-6-18)29-17-20(24(27-29)19-7-9-21(25)10-8-19)16-26-13-15-28-14-3-2-4-23(28)30/h5-12,17,26H,2-4,13-16H2,1H3. The summed E-state index contributed by atoms with van der Waals surface area (Å²) in [5.74, 6) is -0.00941. The average Bonchev–Trinajstić information content (AvgIpc) is 3.17. The topological polar surface area (TPSA) is 50.2 Å². The monoisotopic (exact) mass is 406 g/mol. The van der Waals surface area contributed by atoms with E-state index in [0.29, 0.717) is 13.0 Å². The molecule has 1 amide bonds. The number of halogens is 1.